The van der Waals surface area contributed by atoms with E-state index in [1.165, 1.54) is 10.7 Å². The van der Waals surface area contributed by atoms with E-state index in [0.717, 1.165) is 29.9 Å². The van der Waals surface area contributed by atoms with Gasteiger partial charge in [0, 0.05) is 24.8 Å². The molecule has 0 bridgehead atoms. The van der Waals surface area contributed by atoms with Crippen molar-refractivity contribution in [3.63, 3.8) is 0 Å². The van der Waals surface area contributed by atoms with Gasteiger partial charge in [-0.05, 0) is 44.5 Å². The number of anilines is 1. The maximum absolute atomic E-state index is 13.1. The largest absolute Gasteiger partial charge is 0.416 e. The lowest BCUT2D eigenvalue weighted by atomic mass is 10.1. The topological polar surface area (TPSA) is 68.2 Å². The lowest BCUT2D eigenvalue weighted by Gasteiger charge is -2.16. The van der Waals surface area contributed by atoms with E-state index < -0.39 is 17.8 Å². The zero-order valence-electron chi connectivity index (χ0n) is 15.1. The SMILES string of the molecule is Cc1cc(C)n(-c2ccc(C(F)(F)F)cc2NC(=O)NC[C@H]2CCOC2)n1. The van der Waals surface area contributed by atoms with Crippen molar-refractivity contribution in [2.45, 2.75) is 26.4 Å². The number of rotatable bonds is 4. The summed E-state index contributed by atoms with van der Waals surface area (Å²) >= 11 is 0. The Balaban J connectivity index is 1.85. The molecule has 9 heteroatoms. The molecule has 1 atom stereocenters. The number of alkyl halides is 3. The highest BCUT2D eigenvalue weighted by atomic mass is 19.4. The van der Waals surface area contributed by atoms with Crippen LogP contribution in [0.2, 0.25) is 0 Å². The van der Waals surface area contributed by atoms with Gasteiger partial charge >= 0.3 is 12.2 Å². The molecule has 1 aliphatic heterocycles. The lowest BCUT2D eigenvalue weighted by molar-refractivity contribution is -0.137. The highest BCUT2D eigenvalue weighted by Gasteiger charge is 2.31. The van der Waals surface area contributed by atoms with Crippen LogP contribution in [0.1, 0.15) is 23.4 Å². The number of nitrogens with zero attached hydrogens (tertiary/aromatic N) is 2. The summed E-state index contributed by atoms with van der Waals surface area (Å²) < 4.78 is 46.1. The highest BCUT2D eigenvalue weighted by molar-refractivity contribution is 5.91. The van der Waals surface area contributed by atoms with Gasteiger partial charge in [0.2, 0.25) is 0 Å². The molecule has 2 aromatic rings. The molecular weight excluding hydrogens is 361 g/mol. The van der Waals surface area contributed by atoms with E-state index in [0.29, 0.717) is 25.4 Å². The minimum absolute atomic E-state index is 0.0381. The minimum Gasteiger partial charge on any atom is -0.381 e. The van der Waals surface area contributed by atoms with Crippen LogP contribution in [0.4, 0.5) is 23.7 Å². The van der Waals surface area contributed by atoms with Gasteiger partial charge < -0.3 is 15.4 Å². The van der Waals surface area contributed by atoms with Crippen LogP contribution in [0.5, 0.6) is 0 Å². The first-order valence-corrected chi connectivity index (χ1v) is 8.61. The predicted octanol–water partition coefficient (Wildman–Crippen LogP) is 3.67. The fraction of sp³-hybridized carbons (Fsp3) is 0.444. The number of halogens is 3. The van der Waals surface area contributed by atoms with Crippen molar-refractivity contribution in [3.05, 3.63) is 41.2 Å². The number of hydrogen-bond acceptors (Lipinski definition) is 3. The molecule has 2 heterocycles. The molecule has 1 aromatic carbocycles. The molecule has 27 heavy (non-hydrogen) atoms. The Bertz CT molecular complexity index is 826. The minimum atomic E-state index is -4.51. The third kappa shape index (κ3) is 4.60. The van der Waals surface area contributed by atoms with Gasteiger partial charge in [-0.3, -0.25) is 0 Å². The number of aromatic nitrogens is 2. The van der Waals surface area contributed by atoms with Crippen molar-refractivity contribution in [2.24, 2.45) is 5.92 Å². The molecule has 0 aliphatic carbocycles. The average Bonchev–Trinajstić information content (AvgIpc) is 3.21. The number of carbonyl (C=O) groups is 1. The maximum atomic E-state index is 13.1. The van der Waals surface area contributed by atoms with E-state index in [-0.39, 0.29) is 11.6 Å². The van der Waals surface area contributed by atoms with Crippen molar-refractivity contribution >= 4 is 11.7 Å². The molecule has 0 saturated carbocycles. The fourth-order valence-corrected chi connectivity index (χ4v) is 3.02. The summed E-state index contributed by atoms with van der Waals surface area (Å²) in [6, 6.07) is 4.45. The van der Waals surface area contributed by atoms with Crippen LogP contribution >= 0.6 is 0 Å². The second-order valence-electron chi connectivity index (χ2n) is 6.63. The molecule has 1 aromatic heterocycles. The first-order valence-electron chi connectivity index (χ1n) is 8.61. The molecule has 3 rings (SSSR count). The van der Waals surface area contributed by atoms with E-state index in [1.54, 1.807) is 13.8 Å². The highest BCUT2D eigenvalue weighted by Crippen LogP contribution is 2.33. The fourth-order valence-electron chi connectivity index (χ4n) is 3.02. The number of nitrogens with one attached hydrogen (secondary N) is 2. The predicted molar refractivity (Wildman–Crippen MR) is 94.0 cm³/mol. The summed E-state index contributed by atoms with van der Waals surface area (Å²) in [5.41, 5.74) is 1.04. The quantitative estimate of drug-likeness (QED) is 0.848. The van der Waals surface area contributed by atoms with Crippen LogP contribution in [0, 0.1) is 19.8 Å². The summed E-state index contributed by atoms with van der Waals surface area (Å²) in [6.07, 6.45) is -3.66. The number of amides is 2. The summed E-state index contributed by atoms with van der Waals surface area (Å²) in [5.74, 6) is 0.215. The number of hydrogen-bond donors (Lipinski definition) is 2. The summed E-state index contributed by atoms with van der Waals surface area (Å²) in [6.45, 7) is 5.21. The van der Waals surface area contributed by atoms with Crippen molar-refractivity contribution in [2.75, 3.05) is 25.1 Å². The molecule has 1 aliphatic rings. The smallest absolute Gasteiger partial charge is 0.381 e. The standard InChI is InChI=1S/C18H21F3N4O2/c1-11-7-12(2)25(24-11)16-4-3-14(18(19,20)21)8-15(16)23-17(26)22-9-13-5-6-27-10-13/h3-4,7-8,13H,5-6,9-10H2,1-2H3,(H2,22,23,26)/t13-/m1/s1. The zero-order chi connectivity index (χ0) is 19.6. The van der Waals surface area contributed by atoms with Crippen molar-refractivity contribution < 1.29 is 22.7 Å². The first-order chi connectivity index (χ1) is 12.7. The Kier molecular flexibility index (Phi) is 5.41. The van der Waals surface area contributed by atoms with Gasteiger partial charge in [0.25, 0.3) is 0 Å². The Hall–Kier alpha value is -2.55. The lowest BCUT2D eigenvalue weighted by Crippen LogP contribution is -2.33. The summed E-state index contributed by atoms with van der Waals surface area (Å²) in [5, 5.41) is 9.52. The van der Waals surface area contributed by atoms with Gasteiger partial charge in [-0.25, -0.2) is 9.48 Å². The van der Waals surface area contributed by atoms with Crippen LogP contribution in [0.15, 0.2) is 24.3 Å². The Morgan fingerprint density at radius 3 is 2.70 bits per heavy atom. The molecular formula is C18H21F3N4O2. The van der Waals surface area contributed by atoms with Crippen LogP contribution in [0.25, 0.3) is 5.69 Å². The molecule has 6 nitrogen and oxygen atoms in total. The van der Waals surface area contributed by atoms with Gasteiger partial charge in [0.1, 0.15) is 0 Å². The van der Waals surface area contributed by atoms with E-state index in [1.807, 2.05) is 6.07 Å². The third-order valence-corrected chi connectivity index (χ3v) is 4.39. The number of benzene rings is 1. The molecule has 2 N–H and O–H groups in total. The monoisotopic (exact) mass is 382 g/mol. The third-order valence-electron chi connectivity index (χ3n) is 4.39. The zero-order valence-corrected chi connectivity index (χ0v) is 15.1. The van der Waals surface area contributed by atoms with E-state index in [2.05, 4.69) is 15.7 Å². The van der Waals surface area contributed by atoms with Crippen LogP contribution in [-0.2, 0) is 10.9 Å². The van der Waals surface area contributed by atoms with Crippen LogP contribution in [-0.4, -0.2) is 35.6 Å². The van der Waals surface area contributed by atoms with Crippen LogP contribution in [0.3, 0.4) is 0 Å². The van der Waals surface area contributed by atoms with Crippen molar-refractivity contribution in [1.82, 2.24) is 15.1 Å². The van der Waals surface area contributed by atoms with E-state index in [4.69, 9.17) is 4.74 Å². The molecule has 146 valence electrons. The van der Waals surface area contributed by atoms with Gasteiger partial charge in [-0.1, -0.05) is 0 Å². The van der Waals surface area contributed by atoms with Crippen LogP contribution < -0.4 is 10.6 Å². The molecule has 0 spiro atoms. The second kappa shape index (κ2) is 7.59. The van der Waals surface area contributed by atoms with E-state index in [9.17, 15) is 18.0 Å². The van der Waals surface area contributed by atoms with Crippen molar-refractivity contribution in [1.29, 1.82) is 0 Å². The average molecular weight is 382 g/mol. The van der Waals surface area contributed by atoms with Crippen molar-refractivity contribution in [3.8, 4) is 5.69 Å². The maximum Gasteiger partial charge on any atom is 0.416 e. The van der Waals surface area contributed by atoms with Gasteiger partial charge in [-0.15, -0.1) is 0 Å². The molecule has 2 amide bonds. The Morgan fingerprint density at radius 2 is 2.11 bits per heavy atom. The normalized spacial score (nSPS) is 17.1. The van der Waals surface area contributed by atoms with E-state index >= 15 is 0 Å². The summed E-state index contributed by atoms with van der Waals surface area (Å²) in [4.78, 5) is 12.2. The Morgan fingerprint density at radius 1 is 1.33 bits per heavy atom. The second-order valence-corrected chi connectivity index (χ2v) is 6.63. The Labute approximate surface area is 154 Å². The van der Waals surface area contributed by atoms with Gasteiger partial charge in [-0.2, -0.15) is 18.3 Å². The molecule has 1 fully saturated rings. The number of ether oxygens (including phenoxy) is 1. The molecule has 0 unspecified atom stereocenters. The first kappa shape index (κ1) is 19.2. The number of carbonyl (C=O) groups excluding carboxylic acids is 1. The summed E-state index contributed by atoms with van der Waals surface area (Å²) in [7, 11) is 0. The number of urea groups is 1. The molecule has 0 radical (unpaired) electrons. The molecule has 1 saturated heterocycles. The van der Waals surface area contributed by atoms with Gasteiger partial charge in [0.15, 0.2) is 0 Å². The van der Waals surface area contributed by atoms with Gasteiger partial charge in [0.05, 0.1) is 29.2 Å². The number of aryl methyl sites for hydroxylation is 2.